The van der Waals surface area contributed by atoms with Crippen LogP contribution in [-0.2, 0) is 4.79 Å². The van der Waals surface area contributed by atoms with E-state index >= 15 is 0 Å². The molecule has 0 spiro atoms. The highest BCUT2D eigenvalue weighted by molar-refractivity contribution is 5.90. The van der Waals surface area contributed by atoms with E-state index in [4.69, 9.17) is 5.73 Å². The number of para-hydroxylation sites is 1. The molecule has 98 valence electrons. The van der Waals surface area contributed by atoms with Crippen molar-refractivity contribution in [3.8, 4) is 0 Å². The second-order valence-corrected chi connectivity index (χ2v) is 3.06. The van der Waals surface area contributed by atoms with E-state index in [2.05, 4.69) is 12.2 Å². The molecule has 3 nitrogen and oxygen atoms in total. The normalized spacial score (nSPS) is 8.06. The summed E-state index contributed by atoms with van der Waals surface area (Å²) in [5.74, 6) is 0.0520. The maximum absolute atomic E-state index is 10.9. The van der Waals surface area contributed by atoms with Crippen molar-refractivity contribution in [1.29, 1.82) is 0 Å². The molecule has 0 unspecified atom stereocenters. The molecular weight excluding hydrogens is 212 g/mol. The Morgan fingerprint density at radius 2 is 1.65 bits per heavy atom. The average Bonchev–Trinajstić information content (AvgIpc) is 2.42. The first-order valence-electron chi connectivity index (χ1n) is 6.29. The van der Waals surface area contributed by atoms with E-state index in [-0.39, 0.29) is 5.91 Å². The average molecular weight is 238 g/mol. The fraction of sp³-hybridized carbons (Fsp3) is 0.500. The van der Waals surface area contributed by atoms with Gasteiger partial charge in [0.1, 0.15) is 0 Å². The zero-order valence-corrected chi connectivity index (χ0v) is 11.5. The van der Waals surface area contributed by atoms with Crippen LogP contribution in [-0.4, -0.2) is 12.5 Å². The molecule has 1 aromatic rings. The standard InChI is InChI=1S/C9H11NO.C3H9N.C2H6/c1-2-9(11)10-8-6-4-3-5-7-8;1-2-3-4;1-2/h3-7H,2H2,1H3,(H,10,11);2-4H2,1H3;1-2H3. The molecule has 3 heteroatoms. The Morgan fingerprint density at radius 3 is 2.00 bits per heavy atom. The summed E-state index contributed by atoms with van der Waals surface area (Å²) in [6.07, 6.45) is 1.62. The molecule has 17 heavy (non-hydrogen) atoms. The summed E-state index contributed by atoms with van der Waals surface area (Å²) in [4.78, 5) is 10.9. The summed E-state index contributed by atoms with van der Waals surface area (Å²) in [6, 6.07) is 9.44. The Morgan fingerprint density at radius 1 is 1.18 bits per heavy atom. The smallest absolute Gasteiger partial charge is 0.224 e. The zero-order valence-electron chi connectivity index (χ0n) is 11.5. The Labute approximate surface area is 105 Å². The van der Waals surface area contributed by atoms with Gasteiger partial charge in [0, 0.05) is 12.1 Å². The van der Waals surface area contributed by atoms with Gasteiger partial charge in [-0.25, -0.2) is 0 Å². The largest absolute Gasteiger partial charge is 0.330 e. The lowest BCUT2D eigenvalue weighted by Crippen LogP contribution is -2.08. The van der Waals surface area contributed by atoms with Gasteiger partial charge in [0.15, 0.2) is 0 Å². The molecular formula is C14H26N2O. The van der Waals surface area contributed by atoms with Gasteiger partial charge in [0.05, 0.1) is 0 Å². The van der Waals surface area contributed by atoms with E-state index in [0.717, 1.165) is 18.7 Å². The maximum atomic E-state index is 10.9. The quantitative estimate of drug-likeness (QED) is 0.847. The fourth-order valence-corrected chi connectivity index (χ4v) is 0.771. The number of benzene rings is 1. The SMILES string of the molecule is CC.CCC(=O)Nc1ccccc1.CCCN. The monoisotopic (exact) mass is 238 g/mol. The van der Waals surface area contributed by atoms with Gasteiger partial charge in [-0.05, 0) is 25.1 Å². The Bertz CT molecular complexity index is 258. The minimum Gasteiger partial charge on any atom is -0.330 e. The Hall–Kier alpha value is -1.35. The molecule has 3 N–H and O–H groups in total. The molecule has 0 radical (unpaired) electrons. The van der Waals surface area contributed by atoms with E-state index in [1.807, 2.05) is 51.1 Å². The molecule has 1 aromatic carbocycles. The highest BCUT2D eigenvalue weighted by atomic mass is 16.1. The molecule has 0 saturated carbocycles. The van der Waals surface area contributed by atoms with E-state index in [0.29, 0.717) is 6.42 Å². The summed E-state index contributed by atoms with van der Waals surface area (Å²) < 4.78 is 0. The highest BCUT2D eigenvalue weighted by Crippen LogP contribution is 2.04. The molecule has 0 bridgehead atoms. The summed E-state index contributed by atoms with van der Waals surface area (Å²) in [7, 11) is 0. The number of amides is 1. The third-order valence-corrected chi connectivity index (χ3v) is 1.67. The van der Waals surface area contributed by atoms with E-state index in [1.54, 1.807) is 0 Å². The topological polar surface area (TPSA) is 55.1 Å². The molecule has 0 aliphatic rings. The van der Waals surface area contributed by atoms with E-state index in [1.165, 1.54) is 0 Å². The lowest BCUT2D eigenvalue weighted by Gasteiger charge is -2.00. The summed E-state index contributed by atoms with van der Waals surface area (Å²) in [5.41, 5.74) is 5.89. The predicted molar refractivity (Wildman–Crippen MR) is 76.1 cm³/mol. The molecule has 0 aliphatic heterocycles. The van der Waals surface area contributed by atoms with Crippen molar-refractivity contribution in [1.82, 2.24) is 0 Å². The number of carbonyl (C=O) groups is 1. The molecule has 1 amide bonds. The first kappa shape index (κ1) is 18.0. The minimum atomic E-state index is 0.0520. The minimum absolute atomic E-state index is 0.0520. The summed E-state index contributed by atoms with van der Waals surface area (Å²) >= 11 is 0. The van der Waals surface area contributed by atoms with Gasteiger partial charge < -0.3 is 11.1 Å². The number of rotatable bonds is 3. The van der Waals surface area contributed by atoms with Gasteiger partial charge in [-0.15, -0.1) is 0 Å². The van der Waals surface area contributed by atoms with E-state index in [9.17, 15) is 4.79 Å². The van der Waals surface area contributed by atoms with Crippen LogP contribution in [0, 0.1) is 0 Å². The van der Waals surface area contributed by atoms with Gasteiger partial charge in [-0.3, -0.25) is 4.79 Å². The summed E-state index contributed by atoms with van der Waals surface area (Å²) in [6.45, 7) is 8.71. The van der Waals surface area contributed by atoms with Crippen LogP contribution in [0.3, 0.4) is 0 Å². The molecule has 0 aliphatic carbocycles. The van der Waals surface area contributed by atoms with Gasteiger partial charge >= 0.3 is 0 Å². The van der Waals surface area contributed by atoms with Crippen molar-refractivity contribution >= 4 is 11.6 Å². The van der Waals surface area contributed by atoms with Crippen molar-refractivity contribution in [3.63, 3.8) is 0 Å². The van der Waals surface area contributed by atoms with Crippen LogP contribution in [0.1, 0.15) is 40.5 Å². The maximum Gasteiger partial charge on any atom is 0.224 e. The van der Waals surface area contributed by atoms with Crippen LogP contribution in [0.4, 0.5) is 5.69 Å². The lowest BCUT2D eigenvalue weighted by atomic mass is 10.3. The highest BCUT2D eigenvalue weighted by Gasteiger charge is 1.95. The van der Waals surface area contributed by atoms with Crippen LogP contribution in [0.15, 0.2) is 30.3 Å². The number of nitrogens with two attached hydrogens (primary N) is 1. The Balaban J connectivity index is 0. The predicted octanol–water partition coefficient (Wildman–Crippen LogP) is 3.42. The second kappa shape index (κ2) is 14.6. The molecule has 0 atom stereocenters. The zero-order chi connectivity index (χ0) is 13.5. The first-order valence-corrected chi connectivity index (χ1v) is 6.29. The van der Waals surface area contributed by atoms with Gasteiger partial charge in [-0.2, -0.15) is 0 Å². The third-order valence-electron chi connectivity index (χ3n) is 1.67. The second-order valence-electron chi connectivity index (χ2n) is 3.06. The molecule has 0 aromatic heterocycles. The number of hydrogen-bond acceptors (Lipinski definition) is 2. The number of anilines is 1. The number of nitrogens with one attached hydrogen (secondary N) is 1. The molecule has 0 fully saturated rings. The van der Waals surface area contributed by atoms with Crippen LogP contribution in [0.2, 0.25) is 0 Å². The van der Waals surface area contributed by atoms with Gasteiger partial charge in [0.25, 0.3) is 0 Å². The van der Waals surface area contributed by atoms with Crippen LogP contribution in [0.5, 0.6) is 0 Å². The van der Waals surface area contributed by atoms with E-state index < -0.39 is 0 Å². The summed E-state index contributed by atoms with van der Waals surface area (Å²) in [5, 5.41) is 2.75. The molecule has 1 rings (SSSR count). The number of hydrogen-bond donors (Lipinski definition) is 2. The van der Waals surface area contributed by atoms with Crippen LogP contribution >= 0.6 is 0 Å². The van der Waals surface area contributed by atoms with Crippen LogP contribution < -0.4 is 11.1 Å². The molecule has 0 saturated heterocycles. The van der Waals surface area contributed by atoms with Gasteiger partial charge in [-0.1, -0.05) is 45.9 Å². The molecule has 0 heterocycles. The van der Waals surface area contributed by atoms with Gasteiger partial charge in [0.2, 0.25) is 5.91 Å². The third kappa shape index (κ3) is 12.6. The van der Waals surface area contributed by atoms with Crippen molar-refractivity contribution in [2.75, 3.05) is 11.9 Å². The fourth-order valence-electron chi connectivity index (χ4n) is 0.771. The van der Waals surface area contributed by atoms with Crippen molar-refractivity contribution in [2.24, 2.45) is 5.73 Å². The van der Waals surface area contributed by atoms with Crippen molar-refractivity contribution in [2.45, 2.75) is 40.5 Å². The lowest BCUT2D eigenvalue weighted by molar-refractivity contribution is -0.115. The van der Waals surface area contributed by atoms with Crippen molar-refractivity contribution < 1.29 is 4.79 Å². The first-order chi connectivity index (χ1) is 8.24. The van der Waals surface area contributed by atoms with Crippen LogP contribution in [0.25, 0.3) is 0 Å². The number of carbonyl (C=O) groups excluding carboxylic acids is 1. The Kier molecular flexibility index (Phi) is 15.5. The van der Waals surface area contributed by atoms with Crippen molar-refractivity contribution in [3.05, 3.63) is 30.3 Å².